The Hall–Kier alpha value is -2.44. The van der Waals surface area contributed by atoms with Gasteiger partial charge in [0.05, 0.1) is 30.0 Å². The molecule has 0 bridgehead atoms. The van der Waals surface area contributed by atoms with Crippen LogP contribution in [-0.4, -0.2) is 37.8 Å². The number of nitrogens with two attached hydrogens (primary N) is 1. The highest BCUT2D eigenvalue weighted by atomic mass is 35.5. The standard InChI is InChI=1S/C21H22Cl2N4O2.C3H8/c1-27(10-11-4-5-11)21-13-7-17(24)25-9-12(13)6-14(26-21)18-19(22)15(28-2)8-16(29-3)20(18)23;1-3-2/h6-9,11H,4-5,10H2,1-3H3,(H2,24,25);3H2,1-2H3. The molecular formula is C24H30Cl2N4O2. The molecule has 1 saturated carbocycles. The van der Waals surface area contributed by atoms with Crippen LogP contribution in [0.3, 0.4) is 0 Å². The van der Waals surface area contributed by atoms with Crippen molar-refractivity contribution < 1.29 is 9.47 Å². The van der Waals surface area contributed by atoms with Crippen molar-refractivity contribution in [3.63, 3.8) is 0 Å². The number of aromatic nitrogens is 2. The molecule has 32 heavy (non-hydrogen) atoms. The quantitative estimate of drug-likeness (QED) is 0.439. The van der Waals surface area contributed by atoms with Crippen molar-refractivity contribution in [1.82, 2.24) is 9.97 Å². The lowest BCUT2D eigenvalue weighted by Gasteiger charge is -2.22. The van der Waals surface area contributed by atoms with E-state index in [0.29, 0.717) is 44.5 Å². The maximum atomic E-state index is 6.63. The first kappa shape index (κ1) is 24.2. The lowest BCUT2D eigenvalue weighted by molar-refractivity contribution is 0.395. The molecule has 2 aromatic heterocycles. The van der Waals surface area contributed by atoms with Crippen molar-refractivity contribution in [2.45, 2.75) is 33.1 Å². The van der Waals surface area contributed by atoms with Crippen molar-refractivity contribution in [1.29, 1.82) is 0 Å². The number of halogens is 2. The topological polar surface area (TPSA) is 73.5 Å². The predicted octanol–water partition coefficient (Wildman–Crippen LogP) is 6.47. The van der Waals surface area contributed by atoms with Crippen LogP contribution in [0.4, 0.5) is 11.6 Å². The molecule has 2 heterocycles. The van der Waals surface area contributed by atoms with E-state index < -0.39 is 0 Å². The summed E-state index contributed by atoms with van der Waals surface area (Å²) < 4.78 is 10.8. The molecular weight excluding hydrogens is 447 g/mol. The van der Waals surface area contributed by atoms with Gasteiger partial charge in [0, 0.05) is 42.2 Å². The van der Waals surface area contributed by atoms with E-state index in [1.54, 1.807) is 26.5 Å². The average Bonchev–Trinajstić information content (AvgIpc) is 3.58. The summed E-state index contributed by atoms with van der Waals surface area (Å²) >= 11 is 13.3. The Bertz CT molecular complexity index is 1080. The van der Waals surface area contributed by atoms with Gasteiger partial charge in [-0.1, -0.05) is 43.5 Å². The van der Waals surface area contributed by atoms with Gasteiger partial charge >= 0.3 is 0 Å². The summed E-state index contributed by atoms with van der Waals surface area (Å²) in [6, 6.07) is 5.42. The van der Waals surface area contributed by atoms with Gasteiger partial charge in [0.15, 0.2) is 0 Å². The Balaban J connectivity index is 0.000000913. The maximum Gasteiger partial charge on any atom is 0.141 e. The molecule has 0 amide bonds. The number of anilines is 2. The van der Waals surface area contributed by atoms with Crippen molar-refractivity contribution in [2.75, 3.05) is 38.4 Å². The summed E-state index contributed by atoms with van der Waals surface area (Å²) in [4.78, 5) is 11.3. The molecule has 0 saturated heterocycles. The molecule has 6 nitrogen and oxygen atoms in total. The molecule has 2 N–H and O–H groups in total. The zero-order valence-corrected chi connectivity index (χ0v) is 20.7. The van der Waals surface area contributed by atoms with E-state index in [2.05, 4.69) is 23.7 Å². The van der Waals surface area contributed by atoms with E-state index in [9.17, 15) is 0 Å². The summed E-state index contributed by atoms with van der Waals surface area (Å²) in [6.07, 6.45) is 5.48. The third kappa shape index (κ3) is 5.13. The number of fused-ring (bicyclic) bond motifs is 1. The third-order valence-corrected chi connectivity index (χ3v) is 5.89. The Morgan fingerprint density at radius 2 is 1.66 bits per heavy atom. The minimum absolute atomic E-state index is 0.379. The molecule has 1 aliphatic carbocycles. The molecule has 3 aromatic rings. The SMILES string of the molecule is CCC.COc1cc(OC)c(Cl)c(-c2cc3cnc(N)cc3c(N(C)CC3CC3)n2)c1Cl. The zero-order valence-electron chi connectivity index (χ0n) is 19.2. The fourth-order valence-electron chi connectivity index (χ4n) is 3.45. The highest BCUT2D eigenvalue weighted by molar-refractivity contribution is 6.41. The second kappa shape index (κ2) is 10.5. The van der Waals surface area contributed by atoms with E-state index in [4.69, 9.17) is 43.4 Å². The number of benzene rings is 1. The third-order valence-electron chi connectivity index (χ3n) is 5.14. The summed E-state index contributed by atoms with van der Waals surface area (Å²) in [7, 11) is 5.14. The fourth-order valence-corrected chi connectivity index (χ4v) is 4.14. The van der Waals surface area contributed by atoms with Gasteiger partial charge in [-0.05, 0) is 30.9 Å². The predicted molar refractivity (Wildman–Crippen MR) is 134 cm³/mol. The first-order valence-corrected chi connectivity index (χ1v) is 11.5. The summed E-state index contributed by atoms with van der Waals surface area (Å²) in [5, 5.41) is 2.59. The average molecular weight is 477 g/mol. The molecule has 1 aliphatic rings. The van der Waals surface area contributed by atoms with Gasteiger partial charge in [-0.2, -0.15) is 0 Å². The van der Waals surface area contributed by atoms with E-state index in [-0.39, 0.29) is 0 Å². The Morgan fingerprint density at radius 3 is 2.19 bits per heavy atom. The summed E-state index contributed by atoms with van der Waals surface area (Å²) in [5.41, 5.74) is 7.13. The van der Waals surface area contributed by atoms with Crippen LogP contribution in [0.1, 0.15) is 33.1 Å². The van der Waals surface area contributed by atoms with Crippen LogP contribution in [0.2, 0.25) is 10.0 Å². The smallest absolute Gasteiger partial charge is 0.141 e. The van der Waals surface area contributed by atoms with Crippen molar-refractivity contribution in [3.8, 4) is 22.8 Å². The van der Waals surface area contributed by atoms with Crippen LogP contribution in [0.25, 0.3) is 22.0 Å². The van der Waals surface area contributed by atoms with Crippen LogP contribution >= 0.6 is 23.2 Å². The number of hydrogen-bond donors (Lipinski definition) is 1. The second-order valence-corrected chi connectivity index (χ2v) is 8.73. The van der Waals surface area contributed by atoms with Gasteiger partial charge in [0.25, 0.3) is 0 Å². The fraction of sp³-hybridized carbons (Fsp3) is 0.417. The molecule has 0 atom stereocenters. The zero-order chi connectivity index (χ0) is 23.4. The van der Waals surface area contributed by atoms with Gasteiger partial charge in [0.2, 0.25) is 0 Å². The van der Waals surface area contributed by atoms with Gasteiger partial charge < -0.3 is 20.1 Å². The first-order chi connectivity index (χ1) is 15.3. The minimum atomic E-state index is 0.379. The molecule has 1 aromatic carbocycles. The van der Waals surface area contributed by atoms with E-state index in [0.717, 1.165) is 23.1 Å². The highest BCUT2D eigenvalue weighted by Crippen LogP contribution is 2.46. The van der Waals surface area contributed by atoms with Crippen LogP contribution in [0, 0.1) is 5.92 Å². The van der Waals surface area contributed by atoms with E-state index >= 15 is 0 Å². The number of nitrogens with zero attached hydrogens (tertiary/aromatic N) is 3. The van der Waals surface area contributed by atoms with Crippen LogP contribution in [-0.2, 0) is 0 Å². The van der Waals surface area contributed by atoms with Crippen molar-refractivity contribution in [3.05, 3.63) is 34.4 Å². The Morgan fingerprint density at radius 1 is 1.06 bits per heavy atom. The first-order valence-electron chi connectivity index (χ1n) is 10.7. The van der Waals surface area contributed by atoms with E-state index in [1.165, 1.54) is 19.3 Å². The molecule has 0 unspecified atom stereocenters. The van der Waals surface area contributed by atoms with E-state index in [1.807, 2.05) is 19.2 Å². The maximum absolute atomic E-state index is 6.63. The summed E-state index contributed by atoms with van der Waals surface area (Å²) in [6.45, 7) is 5.18. The summed E-state index contributed by atoms with van der Waals surface area (Å²) in [5.74, 6) is 2.89. The minimum Gasteiger partial charge on any atom is -0.495 e. The molecule has 4 rings (SSSR count). The normalized spacial score (nSPS) is 12.8. The largest absolute Gasteiger partial charge is 0.495 e. The number of nitrogen functional groups attached to an aromatic ring is 1. The van der Waals surface area contributed by atoms with Crippen molar-refractivity contribution in [2.24, 2.45) is 5.92 Å². The van der Waals surface area contributed by atoms with Gasteiger partial charge in [0.1, 0.15) is 23.1 Å². The Kier molecular flexibility index (Phi) is 7.91. The van der Waals surface area contributed by atoms with Gasteiger partial charge in [-0.3, -0.25) is 0 Å². The molecule has 0 radical (unpaired) electrons. The second-order valence-electron chi connectivity index (χ2n) is 7.98. The highest BCUT2D eigenvalue weighted by Gasteiger charge is 2.26. The number of rotatable bonds is 6. The molecule has 0 aliphatic heterocycles. The monoisotopic (exact) mass is 476 g/mol. The van der Waals surface area contributed by atoms with Gasteiger partial charge in [-0.15, -0.1) is 0 Å². The molecule has 172 valence electrons. The van der Waals surface area contributed by atoms with Crippen molar-refractivity contribution >= 4 is 45.6 Å². The number of methoxy groups -OCH3 is 2. The molecule has 1 fully saturated rings. The Labute approximate surface area is 199 Å². The van der Waals surface area contributed by atoms with Crippen LogP contribution in [0.5, 0.6) is 11.5 Å². The number of pyridine rings is 2. The molecule has 8 heteroatoms. The van der Waals surface area contributed by atoms with Gasteiger partial charge in [-0.25, -0.2) is 9.97 Å². The molecule has 0 spiro atoms. The number of hydrogen-bond acceptors (Lipinski definition) is 6. The lowest BCUT2D eigenvalue weighted by atomic mass is 10.1. The lowest BCUT2D eigenvalue weighted by Crippen LogP contribution is -2.21. The number of ether oxygens (including phenoxy) is 2. The van der Waals surface area contributed by atoms with Crippen LogP contribution in [0.15, 0.2) is 24.4 Å². The van der Waals surface area contributed by atoms with Crippen LogP contribution < -0.4 is 20.1 Å².